The van der Waals surface area contributed by atoms with Gasteiger partial charge in [0.1, 0.15) is 5.03 Å². The molecule has 0 spiro atoms. The molecular weight excluding hydrogens is 442 g/mol. The van der Waals surface area contributed by atoms with Crippen molar-refractivity contribution in [3.8, 4) is 0 Å². The first-order chi connectivity index (χ1) is 15.7. The number of rotatable bonds is 8. The molecule has 3 aromatic rings. The molecule has 0 atom stereocenters. The van der Waals surface area contributed by atoms with Crippen LogP contribution in [0.25, 0.3) is 0 Å². The van der Waals surface area contributed by atoms with E-state index < -0.39 is 0 Å². The summed E-state index contributed by atoms with van der Waals surface area (Å²) in [5.41, 5.74) is 2.92. The van der Waals surface area contributed by atoms with E-state index in [0.29, 0.717) is 11.7 Å². The average molecular weight is 468 g/mol. The Balaban J connectivity index is 1.35. The van der Waals surface area contributed by atoms with Crippen LogP contribution in [-0.4, -0.2) is 54.2 Å². The summed E-state index contributed by atoms with van der Waals surface area (Å²) in [7, 11) is 0. The molecular formula is C23H25N5O2S2. The summed E-state index contributed by atoms with van der Waals surface area (Å²) in [6.07, 6.45) is 3.65. The van der Waals surface area contributed by atoms with Crippen molar-refractivity contribution < 1.29 is 9.53 Å². The summed E-state index contributed by atoms with van der Waals surface area (Å²) < 4.78 is 5.42. The first kappa shape index (κ1) is 22.4. The number of hydrogen-bond acceptors (Lipinski definition) is 8. The SMILES string of the molecule is CSCC(=O)Nc1ccc(Sc2ccnc(Nc3ccc(N4CCOCC4)cc3)n2)cc1. The van der Waals surface area contributed by atoms with Gasteiger partial charge in [-0.3, -0.25) is 4.79 Å². The molecule has 1 fully saturated rings. The second-order valence-electron chi connectivity index (χ2n) is 7.10. The fraction of sp³-hybridized carbons (Fsp3) is 0.261. The van der Waals surface area contributed by atoms with Crippen LogP contribution in [0.1, 0.15) is 0 Å². The van der Waals surface area contributed by atoms with Gasteiger partial charge >= 0.3 is 0 Å². The highest BCUT2D eigenvalue weighted by atomic mass is 32.2. The number of ether oxygens (including phenoxy) is 1. The zero-order valence-electron chi connectivity index (χ0n) is 17.8. The lowest BCUT2D eigenvalue weighted by Gasteiger charge is -2.28. The molecule has 166 valence electrons. The van der Waals surface area contributed by atoms with E-state index in [4.69, 9.17) is 4.74 Å². The van der Waals surface area contributed by atoms with Gasteiger partial charge in [-0.15, -0.1) is 0 Å². The Kier molecular flexibility index (Phi) is 7.87. The highest BCUT2D eigenvalue weighted by Gasteiger charge is 2.11. The van der Waals surface area contributed by atoms with Crippen molar-refractivity contribution >= 4 is 52.4 Å². The van der Waals surface area contributed by atoms with Gasteiger partial charge < -0.3 is 20.3 Å². The lowest BCUT2D eigenvalue weighted by molar-refractivity contribution is -0.113. The van der Waals surface area contributed by atoms with Crippen LogP contribution in [0.15, 0.2) is 70.7 Å². The molecule has 1 aromatic heterocycles. The fourth-order valence-electron chi connectivity index (χ4n) is 3.22. The second-order valence-corrected chi connectivity index (χ2v) is 9.06. The van der Waals surface area contributed by atoms with Crippen LogP contribution >= 0.6 is 23.5 Å². The third-order valence-corrected chi connectivity index (χ3v) is 6.26. The van der Waals surface area contributed by atoms with Crippen LogP contribution < -0.4 is 15.5 Å². The van der Waals surface area contributed by atoms with E-state index in [9.17, 15) is 4.79 Å². The van der Waals surface area contributed by atoms with E-state index in [1.165, 1.54) is 17.4 Å². The minimum absolute atomic E-state index is 0.00222. The summed E-state index contributed by atoms with van der Waals surface area (Å²) in [5, 5.41) is 7.00. The van der Waals surface area contributed by atoms with Gasteiger partial charge in [0.05, 0.1) is 19.0 Å². The van der Waals surface area contributed by atoms with Crippen molar-refractivity contribution in [2.45, 2.75) is 9.92 Å². The molecule has 1 saturated heterocycles. The predicted molar refractivity (Wildman–Crippen MR) is 132 cm³/mol. The first-order valence-electron chi connectivity index (χ1n) is 10.3. The van der Waals surface area contributed by atoms with Gasteiger partial charge in [-0.25, -0.2) is 9.97 Å². The summed E-state index contributed by atoms with van der Waals surface area (Å²) in [6, 6.07) is 17.9. The van der Waals surface area contributed by atoms with Gasteiger partial charge in [-0.05, 0) is 60.9 Å². The Morgan fingerprint density at radius 3 is 2.47 bits per heavy atom. The van der Waals surface area contributed by atoms with Gasteiger partial charge in [0, 0.05) is 41.2 Å². The van der Waals surface area contributed by atoms with Crippen molar-refractivity contribution in [3.05, 3.63) is 60.8 Å². The number of amides is 1. The number of nitrogens with zero attached hydrogens (tertiary/aromatic N) is 3. The van der Waals surface area contributed by atoms with Crippen molar-refractivity contribution in [2.75, 3.05) is 53.8 Å². The number of thioether (sulfide) groups is 1. The summed E-state index contributed by atoms with van der Waals surface area (Å²) in [4.78, 5) is 24.0. The predicted octanol–water partition coefficient (Wildman–Crippen LogP) is 4.51. The van der Waals surface area contributed by atoms with Gasteiger partial charge in [-0.1, -0.05) is 11.8 Å². The Labute approximate surface area is 196 Å². The van der Waals surface area contributed by atoms with Crippen LogP contribution in [0.2, 0.25) is 0 Å². The Morgan fingerprint density at radius 2 is 1.75 bits per heavy atom. The molecule has 2 aromatic carbocycles. The molecule has 1 aliphatic heterocycles. The largest absolute Gasteiger partial charge is 0.378 e. The molecule has 7 nitrogen and oxygen atoms in total. The molecule has 32 heavy (non-hydrogen) atoms. The zero-order chi connectivity index (χ0) is 22.2. The maximum atomic E-state index is 11.7. The smallest absolute Gasteiger partial charge is 0.234 e. The lowest BCUT2D eigenvalue weighted by Crippen LogP contribution is -2.36. The quantitative estimate of drug-likeness (QED) is 0.469. The summed E-state index contributed by atoms with van der Waals surface area (Å²) >= 11 is 3.04. The number of hydrogen-bond donors (Lipinski definition) is 2. The van der Waals surface area contributed by atoms with Crippen LogP contribution in [0.5, 0.6) is 0 Å². The standard InChI is InChI=1S/C23H25N5O2S2/c1-31-16-21(29)25-17-4-8-20(9-5-17)32-22-10-11-24-23(27-22)26-18-2-6-19(7-3-18)28-12-14-30-15-13-28/h2-11H,12-16H2,1H3,(H,25,29)(H,24,26,27). The molecule has 0 radical (unpaired) electrons. The van der Waals surface area contributed by atoms with Crippen molar-refractivity contribution in [3.63, 3.8) is 0 Å². The fourth-order valence-corrected chi connectivity index (χ4v) is 4.33. The normalized spacial score (nSPS) is 13.6. The third-order valence-electron chi connectivity index (χ3n) is 4.77. The third kappa shape index (κ3) is 6.38. The average Bonchev–Trinajstić information content (AvgIpc) is 2.82. The van der Waals surface area contributed by atoms with Gasteiger partial charge in [0.25, 0.3) is 0 Å². The van der Waals surface area contributed by atoms with Crippen LogP contribution in [-0.2, 0) is 9.53 Å². The van der Waals surface area contributed by atoms with Gasteiger partial charge in [-0.2, -0.15) is 11.8 Å². The number of morpholine rings is 1. The maximum Gasteiger partial charge on any atom is 0.234 e. The van der Waals surface area contributed by atoms with E-state index in [2.05, 4.69) is 37.6 Å². The maximum absolute atomic E-state index is 11.7. The number of carbonyl (C=O) groups excluding carboxylic acids is 1. The van der Waals surface area contributed by atoms with Crippen LogP contribution in [0.3, 0.4) is 0 Å². The Morgan fingerprint density at radius 1 is 1.03 bits per heavy atom. The molecule has 2 N–H and O–H groups in total. The molecule has 2 heterocycles. The summed E-state index contributed by atoms with van der Waals surface area (Å²) in [6.45, 7) is 3.38. The topological polar surface area (TPSA) is 79.4 Å². The van der Waals surface area contributed by atoms with E-state index in [-0.39, 0.29) is 5.91 Å². The highest BCUT2D eigenvalue weighted by Crippen LogP contribution is 2.28. The first-order valence-corrected chi connectivity index (χ1v) is 12.5. The van der Waals surface area contributed by atoms with Gasteiger partial charge in [0.15, 0.2) is 0 Å². The number of benzene rings is 2. The number of nitrogens with one attached hydrogen (secondary N) is 2. The Hall–Kier alpha value is -2.75. The van der Waals surface area contributed by atoms with E-state index in [1.807, 2.05) is 48.7 Å². The molecule has 4 rings (SSSR count). The lowest BCUT2D eigenvalue weighted by atomic mass is 10.2. The molecule has 0 unspecified atom stereocenters. The van der Waals surface area contributed by atoms with E-state index in [0.717, 1.165) is 47.6 Å². The van der Waals surface area contributed by atoms with Crippen LogP contribution in [0.4, 0.5) is 23.0 Å². The number of aromatic nitrogens is 2. The molecule has 0 saturated carbocycles. The highest BCUT2D eigenvalue weighted by molar-refractivity contribution is 7.99. The number of carbonyl (C=O) groups is 1. The second kappa shape index (κ2) is 11.2. The zero-order valence-corrected chi connectivity index (χ0v) is 19.4. The van der Waals surface area contributed by atoms with E-state index in [1.54, 1.807) is 18.0 Å². The Bertz CT molecular complexity index is 1030. The molecule has 0 bridgehead atoms. The van der Waals surface area contributed by atoms with Crippen molar-refractivity contribution in [2.24, 2.45) is 0 Å². The van der Waals surface area contributed by atoms with E-state index >= 15 is 0 Å². The minimum atomic E-state index is 0.00222. The summed E-state index contributed by atoms with van der Waals surface area (Å²) in [5.74, 6) is 1.00. The number of anilines is 4. The minimum Gasteiger partial charge on any atom is -0.378 e. The van der Waals surface area contributed by atoms with Crippen LogP contribution in [0, 0.1) is 0 Å². The molecule has 9 heteroatoms. The van der Waals surface area contributed by atoms with Gasteiger partial charge in [0.2, 0.25) is 11.9 Å². The van der Waals surface area contributed by atoms with Crippen molar-refractivity contribution in [1.29, 1.82) is 0 Å². The molecule has 1 aliphatic rings. The molecule has 0 aliphatic carbocycles. The monoisotopic (exact) mass is 467 g/mol. The van der Waals surface area contributed by atoms with Crippen molar-refractivity contribution in [1.82, 2.24) is 9.97 Å². The molecule has 1 amide bonds.